The van der Waals surface area contributed by atoms with Crippen molar-refractivity contribution >= 4 is 17.3 Å². The molecule has 20 heavy (non-hydrogen) atoms. The first-order chi connectivity index (χ1) is 9.74. The average Bonchev–Trinajstić information content (AvgIpc) is 3.09. The fourth-order valence-corrected chi connectivity index (χ4v) is 2.44. The molecule has 0 saturated carbocycles. The minimum Gasteiger partial charge on any atom is -0.422 e. The third-order valence-corrected chi connectivity index (χ3v) is 3.64. The molecule has 6 heteroatoms. The Kier molecular flexibility index (Phi) is 3.30. The van der Waals surface area contributed by atoms with E-state index >= 15 is 0 Å². The van der Waals surface area contributed by atoms with Gasteiger partial charge in [-0.15, -0.1) is 11.3 Å². The van der Waals surface area contributed by atoms with Crippen LogP contribution < -0.4 is 4.74 Å². The Labute approximate surface area is 119 Å². The molecule has 0 unspecified atom stereocenters. The predicted octanol–water partition coefficient (Wildman–Crippen LogP) is 2.86. The Morgan fingerprint density at radius 3 is 2.95 bits per heavy atom. The zero-order valence-corrected chi connectivity index (χ0v) is 11.5. The van der Waals surface area contributed by atoms with Crippen LogP contribution in [0.1, 0.15) is 15.4 Å². The van der Waals surface area contributed by atoms with Crippen LogP contribution in [0.5, 0.6) is 5.75 Å². The van der Waals surface area contributed by atoms with E-state index in [0.29, 0.717) is 16.3 Å². The minimum absolute atomic E-state index is 0.386. The molecule has 1 aromatic carbocycles. The first kappa shape index (κ1) is 12.6. The first-order valence-corrected chi connectivity index (χ1v) is 6.84. The molecule has 0 amide bonds. The smallest absolute Gasteiger partial charge is 0.355 e. The van der Waals surface area contributed by atoms with E-state index in [0.717, 1.165) is 5.69 Å². The van der Waals surface area contributed by atoms with Gasteiger partial charge in [-0.2, -0.15) is 5.10 Å². The molecule has 3 rings (SSSR count). The van der Waals surface area contributed by atoms with Crippen molar-refractivity contribution in [3.05, 3.63) is 58.8 Å². The Bertz CT molecular complexity index is 734. The molecule has 2 heterocycles. The maximum atomic E-state index is 12.0. The summed E-state index contributed by atoms with van der Waals surface area (Å²) in [4.78, 5) is 16.6. The molecule has 2 aromatic heterocycles. The normalized spacial score (nSPS) is 10.4. The van der Waals surface area contributed by atoms with E-state index in [2.05, 4.69) is 10.1 Å². The van der Waals surface area contributed by atoms with Crippen LogP contribution in [0.2, 0.25) is 0 Å². The summed E-state index contributed by atoms with van der Waals surface area (Å²) in [7, 11) is 0. The van der Waals surface area contributed by atoms with Gasteiger partial charge in [0.1, 0.15) is 10.6 Å². The van der Waals surface area contributed by atoms with Crippen molar-refractivity contribution in [2.24, 2.45) is 0 Å². The molecule has 0 saturated heterocycles. The monoisotopic (exact) mass is 285 g/mol. The number of aryl methyl sites for hydroxylation is 1. The SMILES string of the molecule is Cc1ncsc1C(=O)Oc1cccc(-n2cccn2)c1. The summed E-state index contributed by atoms with van der Waals surface area (Å²) in [5.41, 5.74) is 3.15. The first-order valence-electron chi connectivity index (χ1n) is 5.96. The number of hydrogen-bond donors (Lipinski definition) is 0. The largest absolute Gasteiger partial charge is 0.422 e. The number of esters is 1. The molecule has 100 valence electrons. The molecular weight excluding hydrogens is 274 g/mol. The van der Waals surface area contributed by atoms with Crippen molar-refractivity contribution in [3.63, 3.8) is 0 Å². The lowest BCUT2D eigenvalue weighted by molar-refractivity contribution is 0.0739. The van der Waals surface area contributed by atoms with E-state index in [1.807, 2.05) is 24.4 Å². The summed E-state index contributed by atoms with van der Waals surface area (Å²) >= 11 is 1.28. The second kappa shape index (κ2) is 5.26. The molecule has 0 aliphatic heterocycles. The van der Waals surface area contributed by atoms with Crippen LogP contribution >= 0.6 is 11.3 Å². The quantitative estimate of drug-likeness (QED) is 0.548. The van der Waals surface area contributed by atoms with E-state index in [4.69, 9.17) is 4.74 Å². The number of benzene rings is 1. The average molecular weight is 285 g/mol. The lowest BCUT2D eigenvalue weighted by atomic mass is 10.3. The molecule has 0 radical (unpaired) electrons. The van der Waals surface area contributed by atoms with E-state index < -0.39 is 0 Å². The van der Waals surface area contributed by atoms with Crippen molar-refractivity contribution in [1.82, 2.24) is 14.8 Å². The maximum Gasteiger partial charge on any atom is 0.355 e. The molecule has 0 N–H and O–H groups in total. The second-order valence-corrected chi connectivity index (χ2v) is 4.96. The van der Waals surface area contributed by atoms with Gasteiger partial charge in [-0.3, -0.25) is 0 Å². The Morgan fingerprint density at radius 2 is 2.25 bits per heavy atom. The summed E-state index contributed by atoms with van der Waals surface area (Å²) in [6, 6.07) is 9.04. The molecule has 5 nitrogen and oxygen atoms in total. The fraction of sp³-hybridized carbons (Fsp3) is 0.0714. The number of thiazole rings is 1. The highest BCUT2D eigenvalue weighted by Gasteiger charge is 2.14. The molecule has 0 aliphatic rings. The van der Waals surface area contributed by atoms with Crippen LogP contribution in [0.15, 0.2) is 48.2 Å². The number of aromatic nitrogens is 3. The maximum absolute atomic E-state index is 12.0. The molecule has 0 atom stereocenters. The highest BCUT2D eigenvalue weighted by atomic mass is 32.1. The van der Waals surface area contributed by atoms with Crippen LogP contribution in [-0.4, -0.2) is 20.7 Å². The summed E-state index contributed by atoms with van der Waals surface area (Å²) in [6.07, 6.45) is 3.52. The summed E-state index contributed by atoms with van der Waals surface area (Å²) in [5, 5.41) is 4.14. The van der Waals surface area contributed by atoms with E-state index in [1.165, 1.54) is 11.3 Å². The van der Waals surface area contributed by atoms with Gasteiger partial charge in [-0.25, -0.2) is 14.5 Å². The summed E-state index contributed by atoms with van der Waals surface area (Å²) in [5.74, 6) is 0.0958. The van der Waals surface area contributed by atoms with Gasteiger partial charge in [0.25, 0.3) is 0 Å². The van der Waals surface area contributed by atoms with E-state index in [-0.39, 0.29) is 5.97 Å². The highest BCUT2D eigenvalue weighted by molar-refractivity contribution is 7.11. The van der Waals surface area contributed by atoms with Crippen LogP contribution in [0.4, 0.5) is 0 Å². The molecule has 0 bridgehead atoms. The topological polar surface area (TPSA) is 57.0 Å². The minimum atomic E-state index is -0.386. The number of rotatable bonds is 3. The van der Waals surface area contributed by atoms with Gasteiger partial charge in [0.2, 0.25) is 0 Å². The molecule has 0 aliphatic carbocycles. The Balaban J connectivity index is 1.83. The van der Waals surface area contributed by atoms with Gasteiger partial charge in [0, 0.05) is 18.5 Å². The molecular formula is C14H11N3O2S. The lowest BCUT2D eigenvalue weighted by Gasteiger charge is -2.06. The number of carbonyl (C=O) groups is 1. The van der Waals surface area contributed by atoms with E-state index in [1.54, 1.807) is 35.4 Å². The van der Waals surface area contributed by atoms with Crippen molar-refractivity contribution < 1.29 is 9.53 Å². The summed E-state index contributed by atoms with van der Waals surface area (Å²) in [6.45, 7) is 1.78. The van der Waals surface area contributed by atoms with Gasteiger partial charge in [0.15, 0.2) is 0 Å². The van der Waals surface area contributed by atoms with Gasteiger partial charge in [-0.1, -0.05) is 6.07 Å². The summed E-state index contributed by atoms with van der Waals surface area (Å²) < 4.78 is 7.07. The van der Waals surface area contributed by atoms with Crippen molar-refractivity contribution in [1.29, 1.82) is 0 Å². The molecule has 3 aromatic rings. The van der Waals surface area contributed by atoms with Gasteiger partial charge in [0.05, 0.1) is 16.9 Å². The molecule has 0 spiro atoms. The fourth-order valence-electron chi connectivity index (χ4n) is 1.76. The Hall–Kier alpha value is -2.47. The number of hydrogen-bond acceptors (Lipinski definition) is 5. The number of ether oxygens (including phenoxy) is 1. The zero-order chi connectivity index (χ0) is 13.9. The standard InChI is InChI=1S/C14H11N3O2S/c1-10-13(20-9-15-10)14(18)19-12-5-2-4-11(8-12)17-7-3-6-16-17/h2-9H,1H3. The third kappa shape index (κ3) is 2.46. The van der Waals surface area contributed by atoms with Crippen LogP contribution in [0.25, 0.3) is 5.69 Å². The zero-order valence-electron chi connectivity index (χ0n) is 10.7. The van der Waals surface area contributed by atoms with Gasteiger partial charge < -0.3 is 4.74 Å². The second-order valence-electron chi connectivity index (χ2n) is 4.10. The van der Waals surface area contributed by atoms with E-state index in [9.17, 15) is 4.79 Å². The van der Waals surface area contributed by atoms with Crippen LogP contribution in [0.3, 0.4) is 0 Å². The number of nitrogens with zero attached hydrogens (tertiary/aromatic N) is 3. The Morgan fingerprint density at radius 1 is 1.35 bits per heavy atom. The van der Waals surface area contributed by atoms with Crippen LogP contribution in [-0.2, 0) is 0 Å². The van der Waals surface area contributed by atoms with Gasteiger partial charge in [-0.05, 0) is 25.1 Å². The van der Waals surface area contributed by atoms with Crippen molar-refractivity contribution in [2.75, 3.05) is 0 Å². The van der Waals surface area contributed by atoms with Crippen LogP contribution in [0, 0.1) is 6.92 Å². The van der Waals surface area contributed by atoms with Crippen molar-refractivity contribution in [3.8, 4) is 11.4 Å². The highest BCUT2D eigenvalue weighted by Crippen LogP contribution is 2.20. The lowest BCUT2D eigenvalue weighted by Crippen LogP contribution is -2.08. The van der Waals surface area contributed by atoms with Gasteiger partial charge >= 0.3 is 5.97 Å². The predicted molar refractivity (Wildman–Crippen MR) is 75.4 cm³/mol. The van der Waals surface area contributed by atoms with Crippen molar-refractivity contribution in [2.45, 2.75) is 6.92 Å². The third-order valence-electron chi connectivity index (χ3n) is 2.73. The molecule has 0 fully saturated rings. The number of carbonyl (C=O) groups excluding carboxylic acids is 1.